The van der Waals surface area contributed by atoms with Crippen molar-refractivity contribution in [3.05, 3.63) is 28.2 Å². The van der Waals surface area contributed by atoms with Gasteiger partial charge in [-0.25, -0.2) is 8.42 Å². The summed E-state index contributed by atoms with van der Waals surface area (Å²) in [6.07, 6.45) is 1.61. The fourth-order valence-corrected chi connectivity index (χ4v) is 5.37. The Morgan fingerprint density at radius 2 is 1.95 bits per heavy atom. The minimum absolute atomic E-state index is 0.155. The van der Waals surface area contributed by atoms with Gasteiger partial charge in [0, 0.05) is 37.2 Å². The standard InChI is InChI=1S/C14H19BrN2O2S/c15-13-9-11(10-17-7-5-16-6-8-17)1-4-14(13)20(18,19)12-2-3-12/h1,4,9,12,16H,2-3,5-8,10H2. The average molecular weight is 359 g/mol. The molecule has 0 spiro atoms. The summed E-state index contributed by atoms with van der Waals surface area (Å²) in [5, 5.41) is 3.18. The van der Waals surface area contributed by atoms with Gasteiger partial charge in [-0.1, -0.05) is 6.07 Å². The lowest BCUT2D eigenvalue weighted by Gasteiger charge is -2.27. The number of nitrogens with zero attached hydrogens (tertiary/aromatic N) is 1. The van der Waals surface area contributed by atoms with Gasteiger partial charge in [-0.2, -0.15) is 0 Å². The predicted octanol–water partition coefficient (Wildman–Crippen LogP) is 1.79. The largest absolute Gasteiger partial charge is 0.314 e. The molecular formula is C14H19BrN2O2S. The van der Waals surface area contributed by atoms with Crippen molar-refractivity contribution in [2.45, 2.75) is 29.5 Å². The molecule has 1 N–H and O–H groups in total. The third-order valence-corrected chi connectivity index (χ3v) is 7.12. The molecule has 1 aromatic rings. The van der Waals surface area contributed by atoms with Crippen molar-refractivity contribution in [2.24, 2.45) is 0 Å². The Labute approximate surface area is 128 Å². The summed E-state index contributed by atoms with van der Waals surface area (Å²) in [7, 11) is -3.12. The maximum atomic E-state index is 12.3. The first-order valence-corrected chi connectivity index (χ1v) is 9.37. The first kappa shape index (κ1) is 14.5. The topological polar surface area (TPSA) is 49.4 Å². The number of sulfone groups is 1. The van der Waals surface area contributed by atoms with E-state index in [1.165, 1.54) is 0 Å². The summed E-state index contributed by atoms with van der Waals surface area (Å²) in [6.45, 7) is 5.01. The lowest BCUT2D eigenvalue weighted by Crippen LogP contribution is -2.42. The van der Waals surface area contributed by atoms with Crippen LogP contribution in [0.15, 0.2) is 27.6 Å². The SMILES string of the molecule is O=S(=O)(c1ccc(CN2CCNCC2)cc1Br)C1CC1. The van der Waals surface area contributed by atoms with Gasteiger partial charge in [0.05, 0.1) is 10.1 Å². The summed E-state index contributed by atoms with van der Waals surface area (Å²) >= 11 is 3.43. The lowest BCUT2D eigenvalue weighted by atomic mass is 10.2. The molecule has 110 valence electrons. The van der Waals surface area contributed by atoms with Gasteiger partial charge in [-0.05, 0) is 46.5 Å². The van der Waals surface area contributed by atoms with Crippen LogP contribution in [-0.4, -0.2) is 44.7 Å². The molecular weight excluding hydrogens is 340 g/mol. The van der Waals surface area contributed by atoms with Crippen molar-refractivity contribution >= 4 is 25.8 Å². The van der Waals surface area contributed by atoms with E-state index in [1.54, 1.807) is 6.07 Å². The zero-order valence-corrected chi connectivity index (χ0v) is 13.7. The molecule has 20 heavy (non-hydrogen) atoms. The molecule has 1 heterocycles. The molecule has 0 amide bonds. The number of benzene rings is 1. The van der Waals surface area contributed by atoms with Crippen LogP contribution >= 0.6 is 15.9 Å². The van der Waals surface area contributed by atoms with Crippen LogP contribution in [0.4, 0.5) is 0 Å². The summed E-state index contributed by atoms with van der Waals surface area (Å²) < 4.78 is 25.2. The Kier molecular flexibility index (Phi) is 4.17. The van der Waals surface area contributed by atoms with Crippen LogP contribution in [0.5, 0.6) is 0 Å². The van der Waals surface area contributed by atoms with Crippen LogP contribution in [0.25, 0.3) is 0 Å². The van der Waals surface area contributed by atoms with Gasteiger partial charge in [0.25, 0.3) is 0 Å². The van der Waals surface area contributed by atoms with Crippen LogP contribution in [0, 0.1) is 0 Å². The molecule has 0 bridgehead atoms. The quantitative estimate of drug-likeness (QED) is 0.891. The molecule has 0 unspecified atom stereocenters. The maximum absolute atomic E-state index is 12.3. The van der Waals surface area contributed by atoms with Crippen molar-refractivity contribution in [3.8, 4) is 0 Å². The molecule has 4 nitrogen and oxygen atoms in total. The summed E-state index contributed by atoms with van der Waals surface area (Å²) in [5.41, 5.74) is 1.16. The zero-order valence-electron chi connectivity index (χ0n) is 11.3. The summed E-state index contributed by atoms with van der Waals surface area (Å²) in [5.74, 6) is 0. The molecule has 0 aromatic heterocycles. The normalized spacial score (nSPS) is 21.1. The highest BCUT2D eigenvalue weighted by Gasteiger charge is 2.37. The van der Waals surface area contributed by atoms with Gasteiger partial charge in [-0.15, -0.1) is 0 Å². The van der Waals surface area contributed by atoms with Crippen molar-refractivity contribution in [2.75, 3.05) is 26.2 Å². The Hall–Kier alpha value is -0.430. The first-order valence-electron chi connectivity index (χ1n) is 7.03. The van der Waals surface area contributed by atoms with E-state index in [0.29, 0.717) is 9.37 Å². The van der Waals surface area contributed by atoms with Gasteiger partial charge in [0.1, 0.15) is 0 Å². The monoisotopic (exact) mass is 358 g/mol. The third kappa shape index (κ3) is 3.08. The molecule has 1 aliphatic carbocycles. The smallest absolute Gasteiger partial charge is 0.182 e. The Balaban J connectivity index is 1.77. The van der Waals surface area contributed by atoms with Crippen molar-refractivity contribution < 1.29 is 8.42 Å². The van der Waals surface area contributed by atoms with Crippen molar-refractivity contribution in [1.82, 2.24) is 10.2 Å². The fraction of sp³-hybridized carbons (Fsp3) is 0.571. The minimum atomic E-state index is -3.12. The van der Waals surface area contributed by atoms with Crippen molar-refractivity contribution in [3.63, 3.8) is 0 Å². The van der Waals surface area contributed by atoms with Crippen molar-refractivity contribution in [1.29, 1.82) is 0 Å². The second-order valence-electron chi connectivity index (χ2n) is 5.54. The van der Waals surface area contributed by atoms with E-state index in [2.05, 4.69) is 26.1 Å². The highest BCUT2D eigenvalue weighted by molar-refractivity contribution is 9.10. The highest BCUT2D eigenvalue weighted by atomic mass is 79.9. The number of rotatable bonds is 4. The van der Waals surface area contributed by atoms with E-state index < -0.39 is 9.84 Å². The number of halogens is 1. The molecule has 0 radical (unpaired) electrons. The fourth-order valence-electron chi connectivity index (χ4n) is 2.56. The van der Waals surface area contributed by atoms with E-state index in [-0.39, 0.29) is 5.25 Å². The lowest BCUT2D eigenvalue weighted by molar-refractivity contribution is 0.233. The third-order valence-electron chi connectivity index (χ3n) is 3.88. The average Bonchev–Trinajstić information content (AvgIpc) is 3.24. The molecule has 1 saturated heterocycles. The van der Waals surface area contributed by atoms with Crippen LogP contribution in [0.2, 0.25) is 0 Å². The molecule has 2 fully saturated rings. The molecule has 1 saturated carbocycles. The first-order chi connectivity index (χ1) is 9.57. The number of hydrogen-bond donors (Lipinski definition) is 1. The van der Waals surface area contributed by atoms with Gasteiger partial charge in [0.15, 0.2) is 9.84 Å². The number of nitrogens with one attached hydrogen (secondary N) is 1. The van der Waals surface area contributed by atoms with Gasteiger partial charge in [0.2, 0.25) is 0 Å². The Bertz CT molecular complexity index is 593. The maximum Gasteiger partial charge on any atom is 0.182 e. The van der Waals surface area contributed by atoms with Crippen LogP contribution in [0.1, 0.15) is 18.4 Å². The Morgan fingerprint density at radius 1 is 1.25 bits per heavy atom. The summed E-state index contributed by atoms with van der Waals surface area (Å²) in [4.78, 5) is 2.83. The van der Waals surface area contributed by atoms with Gasteiger partial charge >= 0.3 is 0 Å². The molecule has 1 aromatic carbocycles. The van der Waals surface area contributed by atoms with Crippen LogP contribution in [-0.2, 0) is 16.4 Å². The molecule has 2 aliphatic rings. The number of piperazine rings is 1. The van der Waals surface area contributed by atoms with E-state index in [9.17, 15) is 8.42 Å². The molecule has 1 aliphatic heterocycles. The second kappa shape index (κ2) is 5.75. The second-order valence-corrected chi connectivity index (χ2v) is 8.59. The minimum Gasteiger partial charge on any atom is -0.314 e. The predicted molar refractivity (Wildman–Crippen MR) is 82.5 cm³/mol. The highest BCUT2D eigenvalue weighted by Crippen LogP contribution is 2.36. The molecule has 3 rings (SSSR count). The van der Waals surface area contributed by atoms with E-state index in [1.807, 2.05) is 12.1 Å². The van der Waals surface area contributed by atoms with E-state index in [0.717, 1.165) is 51.1 Å². The van der Waals surface area contributed by atoms with Gasteiger partial charge in [-0.3, -0.25) is 4.90 Å². The zero-order chi connectivity index (χ0) is 14.2. The van der Waals surface area contributed by atoms with Gasteiger partial charge < -0.3 is 5.32 Å². The van der Waals surface area contributed by atoms with Crippen LogP contribution in [0.3, 0.4) is 0 Å². The number of hydrogen-bond acceptors (Lipinski definition) is 4. The van der Waals surface area contributed by atoms with E-state index >= 15 is 0 Å². The molecule has 0 atom stereocenters. The van der Waals surface area contributed by atoms with Crippen LogP contribution < -0.4 is 5.32 Å². The van der Waals surface area contributed by atoms with E-state index in [4.69, 9.17) is 0 Å². The summed E-state index contributed by atoms with van der Waals surface area (Å²) in [6, 6.07) is 5.66. The Morgan fingerprint density at radius 3 is 2.55 bits per heavy atom. The molecule has 6 heteroatoms.